The van der Waals surface area contributed by atoms with Gasteiger partial charge in [-0.05, 0) is 30.0 Å². The molecule has 1 saturated heterocycles. The van der Waals surface area contributed by atoms with E-state index in [1.165, 1.54) is 0 Å². The summed E-state index contributed by atoms with van der Waals surface area (Å²) >= 11 is 1.58. The van der Waals surface area contributed by atoms with Gasteiger partial charge < -0.3 is 9.84 Å². The Kier molecular flexibility index (Phi) is 3.25. The number of carboxylic acids is 1. The Morgan fingerprint density at radius 1 is 1.47 bits per heavy atom. The van der Waals surface area contributed by atoms with Gasteiger partial charge in [0.05, 0.1) is 11.6 Å². The molecule has 88 valence electrons. The quantitative estimate of drug-likeness (QED) is 0.885. The molecule has 5 heteroatoms. The van der Waals surface area contributed by atoms with E-state index in [0.29, 0.717) is 23.5 Å². The fraction of sp³-hybridized carbons (Fsp3) is 0.333. The molecule has 4 nitrogen and oxygen atoms in total. The van der Waals surface area contributed by atoms with Gasteiger partial charge >= 0.3 is 5.97 Å². The smallest absolute Gasteiger partial charge is 0.348 e. The molecule has 0 spiro atoms. The van der Waals surface area contributed by atoms with E-state index in [4.69, 9.17) is 10.00 Å². The third-order valence-electron chi connectivity index (χ3n) is 2.67. The highest BCUT2D eigenvalue weighted by atomic mass is 32.2. The molecule has 1 aromatic carbocycles. The summed E-state index contributed by atoms with van der Waals surface area (Å²) in [6, 6.07) is 8.50. The summed E-state index contributed by atoms with van der Waals surface area (Å²) in [6.07, 6.45) is 0.507. The van der Waals surface area contributed by atoms with Crippen LogP contribution in [0.3, 0.4) is 0 Å². The summed E-state index contributed by atoms with van der Waals surface area (Å²) in [5.74, 6) is 0.825. The van der Waals surface area contributed by atoms with Crippen LogP contribution in [0, 0.1) is 11.3 Å². The number of hydrogen-bond donors (Lipinski definition) is 1. The summed E-state index contributed by atoms with van der Waals surface area (Å²) in [6.45, 7) is 0. The highest BCUT2D eigenvalue weighted by molar-refractivity contribution is 7.99. The van der Waals surface area contributed by atoms with E-state index in [2.05, 4.69) is 0 Å². The third-order valence-corrected chi connectivity index (χ3v) is 3.84. The van der Waals surface area contributed by atoms with E-state index in [1.807, 2.05) is 6.07 Å². The normalized spacial score (nSPS) is 23.0. The van der Waals surface area contributed by atoms with E-state index in [0.717, 1.165) is 5.75 Å². The van der Waals surface area contributed by atoms with Crippen molar-refractivity contribution in [3.8, 4) is 11.8 Å². The van der Waals surface area contributed by atoms with Crippen molar-refractivity contribution in [3.05, 3.63) is 29.8 Å². The van der Waals surface area contributed by atoms with Crippen molar-refractivity contribution in [1.29, 1.82) is 5.26 Å². The maximum absolute atomic E-state index is 11.3. The number of carbonyl (C=O) groups is 1. The van der Waals surface area contributed by atoms with Crippen molar-refractivity contribution < 1.29 is 14.6 Å². The predicted octanol–water partition coefficient (Wildman–Crippen LogP) is 1.90. The zero-order valence-corrected chi connectivity index (χ0v) is 9.87. The van der Waals surface area contributed by atoms with Crippen molar-refractivity contribution in [2.45, 2.75) is 12.0 Å². The first-order chi connectivity index (χ1) is 8.16. The van der Waals surface area contributed by atoms with Crippen LogP contribution in [0.25, 0.3) is 0 Å². The monoisotopic (exact) mass is 249 g/mol. The molecule has 1 aliphatic rings. The number of carboxylic acid groups (broad SMARTS) is 1. The zero-order valence-electron chi connectivity index (χ0n) is 9.05. The molecular formula is C12H11NO3S. The first-order valence-electron chi connectivity index (χ1n) is 5.17. The minimum Gasteiger partial charge on any atom is -0.478 e. The summed E-state index contributed by atoms with van der Waals surface area (Å²) in [7, 11) is 0. The summed E-state index contributed by atoms with van der Waals surface area (Å²) in [4.78, 5) is 11.3. The molecule has 1 unspecified atom stereocenters. The molecule has 1 heterocycles. The molecule has 1 aliphatic heterocycles. The Labute approximate surface area is 103 Å². The van der Waals surface area contributed by atoms with Crippen molar-refractivity contribution in [2.24, 2.45) is 0 Å². The van der Waals surface area contributed by atoms with Gasteiger partial charge in [-0.2, -0.15) is 17.0 Å². The predicted molar refractivity (Wildman–Crippen MR) is 64.1 cm³/mol. The van der Waals surface area contributed by atoms with Gasteiger partial charge in [0, 0.05) is 12.2 Å². The second-order valence-corrected chi connectivity index (χ2v) is 4.95. The molecule has 1 N–H and O–H groups in total. The fourth-order valence-electron chi connectivity index (χ4n) is 1.66. The van der Waals surface area contributed by atoms with Crippen LogP contribution in [0.2, 0.25) is 0 Å². The Morgan fingerprint density at radius 3 is 2.65 bits per heavy atom. The zero-order chi connectivity index (χ0) is 12.3. The molecule has 0 aliphatic carbocycles. The average Bonchev–Trinajstić information content (AvgIpc) is 2.80. The van der Waals surface area contributed by atoms with E-state index in [9.17, 15) is 9.90 Å². The first kappa shape index (κ1) is 11.8. The number of nitriles is 1. The Bertz CT molecular complexity index is 458. The topological polar surface area (TPSA) is 70.3 Å². The number of aliphatic carboxylic acids is 1. The van der Waals surface area contributed by atoms with Crippen molar-refractivity contribution in [1.82, 2.24) is 0 Å². The van der Waals surface area contributed by atoms with Crippen LogP contribution in [-0.4, -0.2) is 28.2 Å². The molecule has 0 saturated carbocycles. The van der Waals surface area contributed by atoms with Crippen LogP contribution >= 0.6 is 11.8 Å². The lowest BCUT2D eigenvalue weighted by molar-refractivity contribution is -0.152. The average molecular weight is 249 g/mol. The largest absolute Gasteiger partial charge is 0.478 e. The van der Waals surface area contributed by atoms with E-state index in [-0.39, 0.29) is 0 Å². The summed E-state index contributed by atoms with van der Waals surface area (Å²) < 4.78 is 5.59. The minimum atomic E-state index is -1.11. The van der Waals surface area contributed by atoms with E-state index < -0.39 is 11.6 Å². The van der Waals surface area contributed by atoms with Gasteiger partial charge in [0.15, 0.2) is 0 Å². The standard InChI is InChI=1S/C12H11NO3S/c13-7-9-1-3-10(4-2-9)16-12(11(14)15)5-6-17-8-12/h1-4H,5-6,8H2,(H,14,15). The molecule has 1 aromatic rings. The van der Waals surface area contributed by atoms with Crippen LogP contribution < -0.4 is 4.74 Å². The van der Waals surface area contributed by atoms with Crippen molar-refractivity contribution >= 4 is 17.7 Å². The minimum absolute atomic E-state index is 0.461. The van der Waals surface area contributed by atoms with Crippen molar-refractivity contribution in [3.63, 3.8) is 0 Å². The maximum atomic E-state index is 11.3. The molecule has 0 amide bonds. The SMILES string of the molecule is N#Cc1ccc(OC2(C(=O)O)CCSC2)cc1. The third kappa shape index (κ3) is 2.37. The lowest BCUT2D eigenvalue weighted by Gasteiger charge is -2.24. The molecule has 0 aromatic heterocycles. The maximum Gasteiger partial charge on any atom is 0.348 e. The fourth-order valence-corrected chi connectivity index (χ4v) is 2.94. The molecule has 2 rings (SSSR count). The van der Waals surface area contributed by atoms with Gasteiger partial charge in [0.1, 0.15) is 5.75 Å². The number of benzene rings is 1. The van der Waals surface area contributed by atoms with Gasteiger partial charge in [-0.1, -0.05) is 0 Å². The molecule has 17 heavy (non-hydrogen) atoms. The van der Waals surface area contributed by atoms with E-state index >= 15 is 0 Å². The number of thioether (sulfide) groups is 1. The van der Waals surface area contributed by atoms with Crippen LogP contribution in [0.5, 0.6) is 5.75 Å². The number of nitrogens with zero attached hydrogens (tertiary/aromatic N) is 1. The number of ether oxygens (including phenoxy) is 1. The molecule has 0 bridgehead atoms. The summed E-state index contributed by atoms with van der Waals surface area (Å²) in [5, 5.41) is 17.9. The molecule has 1 fully saturated rings. The molecular weight excluding hydrogens is 238 g/mol. The van der Waals surface area contributed by atoms with Crippen LogP contribution in [0.4, 0.5) is 0 Å². The van der Waals surface area contributed by atoms with Crippen LogP contribution in [0.1, 0.15) is 12.0 Å². The highest BCUT2D eigenvalue weighted by Crippen LogP contribution is 2.33. The molecule has 1 atom stereocenters. The van der Waals surface area contributed by atoms with Gasteiger partial charge in [-0.25, -0.2) is 4.79 Å². The van der Waals surface area contributed by atoms with Gasteiger partial charge in [-0.15, -0.1) is 0 Å². The number of rotatable bonds is 3. The highest BCUT2D eigenvalue weighted by Gasteiger charge is 2.44. The van der Waals surface area contributed by atoms with Crippen LogP contribution in [-0.2, 0) is 4.79 Å². The molecule has 0 radical (unpaired) electrons. The summed E-state index contributed by atoms with van der Waals surface area (Å²) in [5.41, 5.74) is -0.582. The van der Waals surface area contributed by atoms with Gasteiger partial charge in [0.2, 0.25) is 5.60 Å². The number of hydrogen-bond acceptors (Lipinski definition) is 4. The van der Waals surface area contributed by atoms with Crippen molar-refractivity contribution in [2.75, 3.05) is 11.5 Å². The Morgan fingerprint density at radius 2 is 2.18 bits per heavy atom. The van der Waals surface area contributed by atoms with Gasteiger partial charge in [-0.3, -0.25) is 0 Å². The lowest BCUT2D eigenvalue weighted by atomic mass is 10.0. The second kappa shape index (κ2) is 4.68. The first-order valence-corrected chi connectivity index (χ1v) is 6.32. The lowest BCUT2D eigenvalue weighted by Crippen LogP contribution is -2.44. The van der Waals surface area contributed by atoms with Gasteiger partial charge in [0.25, 0.3) is 0 Å². The second-order valence-electron chi connectivity index (χ2n) is 3.84. The Balaban J connectivity index is 2.18. The van der Waals surface area contributed by atoms with E-state index in [1.54, 1.807) is 36.0 Å². The Hall–Kier alpha value is -1.67. The van der Waals surface area contributed by atoms with Crippen LogP contribution in [0.15, 0.2) is 24.3 Å².